The van der Waals surface area contributed by atoms with Crippen molar-refractivity contribution in [3.8, 4) is 0 Å². The van der Waals surface area contributed by atoms with Crippen molar-refractivity contribution in [3.63, 3.8) is 0 Å². The number of rotatable bonds is 6. The van der Waals surface area contributed by atoms with Gasteiger partial charge in [-0.25, -0.2) is 8.78 Å². The Kier molecular flexibility index (Phi) is 4.89. The number of halogens is 2. The Balaban J connectivity index is 2.47. The summed E-state index contributed by atoms with van der Waals surface area (Å²) in [6.45, 7) is 0. The number of alkyl halides is 2. The monoisotopic (exact) mass is 228 g/mol. The van der Waals surface area contributed by atoms with Crippen LogP contribution < -0.4 is 0 Å². The van der Waals surface area contributed by atoms with Gasteiger partial charge < -0.3 is 5.11 Å². The molecule has 0 radical (unpaired) electrons. The fourth-order valence-corrected chi connectivity index (χ4v) is 1.54. The van der Waals surface area contributed by atoms with E-state index >= 15 is 0 Å². The maximum absolute atomic E-state index is 12.5. The van der Waals surface area contributed by atoms with Gasteiger partial charge in [0.2, 0.25) is 6.43 Å². The Labute approximate surface area is 92.9 Å². The minimum Gasteiger partial charge on any atom is -0.481 e. The van der Waals surface area contributed by atoms with Gasteiger partial charge in [-0.2, -0.15) is 0 Å². The van der Waals surface area contributed by atoms with E-state index in [1.807, 2.05) is 30.3 Å². The summed E-state index contributed by atoms with van der Waals surface area (Å²) >= 11 is 0. The van der Waals surface area contributed by atoms with Gasteiger partial charge in [-0.15, -0.1) is 0 Å². The number of aryl methyl sites for hydroxylation is 1. The SMILES string of the molecule is O=C(O)C[C@H](CCc1ccccc1)C(F)F. The molecule has 0 heterocycles. The fraction of sp³-hybridized carbons (Fsp3) is 0.417. The number of hydrogen-bond acceptors (Lipinski definition) is 1. The Morgan fingerprint density at radius 3 is 2.38 bits per heavy atom. The van der Waals surface area contributed by atoms with Crippen LogP contribution in [0.3, 0.4) is 0 Å². The second kappa shape index (κ2) is 6.20. The third-order valence-electron chi connectivity index (χ3n) is 2.44. The van der Waals surface area contributed by atoms with Crippen LogP contribution in [-0.4, -0.2) is 17.5 Å². The maximum atomic E-state index is 12.5. The quantitative estimate of drug-likeness (QED) is 0.812. The van der Waals surface area contributed by atoms with Crippen molar-refractivity contribution in [2.75, 3.05) is 0 Å². The minimum absolute atomic E-state index is 0.202. The zero-order valence-corrected chi connectivity index (χ0v) is 8.77. The second-order valence-electron chi connectivity index (χ2n) is 3.72. The van der Waals surface area contributed by atoms with E-state index < -0.39 is 24.7 Å². The molecule has 4 heteroatoms. The van der Waals surface area contributed by atoms with Gasteiger partial charge in [0.15, 0.2) is 0 Å². The predicted molar refractivity (Wildman–Crippen MR) is 56.5 cm³/mol. The van der Waals surface area contributed by atoms with Gasteiger partial charge in [-0.05, 0) is 18.4 Å². The van der Waals surface area contributed by atoms with Crippen LogP contribution in [0.4, 0.5) is 8.78 Å². The molecule has 0 fully saturated rings. The molecule has 0 unspecified atom stereocenters. The Morgan fingerprint density at radius 2 is 1.88 bits per heavy atom. The van der Waals surface area contributed by atoms with E-state index in [9.17, 15) is 13.6 Å². The molecule has 0 amide bonds. The largest absolute Gasteiger partial charge is 0.481 e. The Morgan fingerprint density at radius 1 is 1.25 bits per heavy atom. The number of hydrogen-bond donors (Lipinski definition) is 1. The van der Waals surface area contributed by atoms with Gasteiger partial charge in [0.05, 0.1) is 6.42 Å². The first-order chi connectivity index (χ1) is 7.59. The minimum atomic E-state index is -2.57. The molecule has 0 spiro atoms. The number of carboxylic acid groups (broad SMARTS) is 1. The van der Waals surface area contributed by atoms with Crippen LogP contribution in [0.2, 0.25) is 0 Å². The lowest BCUT2D eigenvalue weighted by atomic mass is 9.97. The van der Waals surface area contributed by atoms with Crippen molar-refractivity contribution in [1.29, 1.82) is 0 Å². The summed E-state index contributed by atoms with van der Waals surface area (Å²) in [6, 6.07) is 9.23. The summed E-state index contributed by atoms with van der Waals surface area (Å²) in [5.41, 5.74) is 0.957. The summed E-state index contributed by atoms with van der Waals surface area (Å²) in [4.78, 5) is 10.4. The zero-order valence-electron chi connectivity index (χ0n) is 8.77. The van der Waals surface area contributed by atoms with Crippen molar-refractivity contribution in [1.82, 2.24) is 0 Å². The van der Waals surface area contributed by atoms with E-state index in [1.54, 1.807) is 0 Å². The lowest BCUT2D eigenvalue weighted by Gasteiger charge is -2.13. The van der Waals surface area contributed by atoms with Crippen LogP contribution in [0, 0.1) is 5.92 Å². The topological polar surface area (TPSA) is 37.3 Å². The highest BCUT2D eigenvalue weighted by molar-refractivity contribution is 5.67. The van der Waals surface area contributed by atoms with Crippen LogP contribution in [0.15, 0.2) is 30.3 Å². The van der Waals surface area contributed by atoms with Crippen LogP contribution >= 0.6 is 0 Å². The summed E-state index contributed by atoms with van der Waals surface area (Å²) < 4.78 is 25.0. The van der Waals surface area contributed by atoms with Crippen molar-refractivity contribution in [3.05, 3.63) is 35.9 Å². The fourth-order valence-electron chi connectivity index (χ4n) is 1.54. The molecule has 0 aliphatic carbocycles. The smallest absolute Gasteiger partial charge is 0.303 e. The van der Waals surface area contributed by atoms with Crippen molar-refractivity contribution < 1.29 is 18.7 Å². The van der Waals surface area contributed by atoms with E-state index in [0.717, 1.165) is 5.56 Å². The van der Waals surface area contributed by atoms with Gasteiger partial charge in [0.25, 0.3) is 0 Å². The second-order valence-corrected chi connectivity index (χ2v) is 3.72. The first-order valence-electron chi connectivity index (χ1n) is 5.13. The molecule has 0 aromatic heterocycles. The average molecular weight is 228 g/mol. The highest BCUT2D eigenvalue weighted by atomic mass is 19.3. The molecule has 16 heavy (non-hydrogen) atoms. The lowest BCUT2D eigenvalue weighted by Crippen LogP contribution is -2.16. The number of benzene rings is 1. The third kappa shape index (κ3) is 4.38. The molecule has 1 atom stereocenters. The molecule has 0 saturated carbocycles. The van der Waals surface area contributed by atoms with Crippen molar-refractivity contribution in [2.45, 2.75) is 25.7 Å². The number of carboxylic acids is 1. The van der Waals surface area contributed by atoms with Gasteiger partial charge in [-0.3, -0.25) is 4.79 Å². The molecule has 0 bridgehead atoms. The number of aliphatic carboxylic acids is 1. The summed E-state index contributed by atoms with van der Waals surface area (Å²) in [6.07, 6.45) is -2.35. The molecule has 0 saturated heterocycles. The van der Waals surface area contributed by atoms with Crippen LogP contribution in [0.1, 0.15) is 18.4 Å². The van der Waals surface area contributed by atoms with Crippen molar-refractivity contribution >= 4 is 5.97 Å². The first-order valence-corrected chi connectivity index (χ1v) is 5.13. The lowest BCUT2D eigenvalue weighted by molar-refractivity contribution is -0.139. The maximum Gasteiger partial charge on any atom is 0.303 e. The van der Waals surface area contributed by atoms with Crippen molar-refractivity contribution in [2.24, 2.45) is 5.92 Å². The first kappa shape index (κ1) is 12.6. The highest BCUT2D eigenvalue weighted by Crippen LogP contribution is 2.20. The summed E-state index contributed by atoms with van der Waals surface area (Å²) in [5, 5.41) is 8.50. The molecule has 1 aromatic carbocycles. The molecule has 88 valence electrons. The average Bonchev–Trinajstić information content (AvgIpc) is 2.25. The van der Waals surface area contributed by atoms with Crippen LogP contribution in [0.25, 0.3) is 0 Å². The van der Waals surface area contributed by atoms with Gasteiger partial charge in [0, 0.05) is 5.92 Å². The van der Waals surface area contributed by atoms with Crippen LogP contribution in [-0.2, 0) is 11.2 Å². The summed E-state index contributed by atoms with van der Waals surface area (Å²) in [7, 11) is 0. The molecular formula is C12H14F2O2. The molecule has 1 N–H and O–H groups in total. The molecule has 2 nitrogen and oxygen atoms in total. The summed E-state index contributed by atoms with van der Waals surface area (Å²) in [5.74, 6) is -2.23. The molecule has 0 aliphatic heterocycles. The normalized spacial score (nSPS) is 12.7. The van der Waals surface area contributed by atoms with E-state index in [-0.39, 0.29) is 6.42 Å². The van der Waals surface area contributed by atoms with Crippen LogP contribution in [0.5, 0.6) is 0 Å². The molecule has 0 aliphatic rings. The van der Waals surface area contributed by atoms with E-state index in [1.165, 1.54) is 0 Å². The van der Waals surface area contributed by atoms with Gasteiger partial charge in [-0.1, -0.05) is 30.3 Å². The third-order valence-corrected chi connectivity index (χ3v) is 2.44. The number of carbonyl (C=O) groups is 1. The zero-order chi connectivity index (χ0) is 12.0. The van der Waals surface area contributed by atoms with E-state index in [0.29, 0.717) is 6.42 Å². The Bertz CT molecular complexity index is 325. The van der Waals surface area contributed by atoms with E-state index in [4.69, 9.17) is 5.11 Å². The van der Waals surface area contributed by atoms with Gasteiger partial charge >= 0.3 is 5.97 Å². The molecular weight excluding hydrogens is 214 g/mol. The van der Waals surface area contributed by atoms with Gasteiger partial charge in [0.1, 0.15) is 0 Å². The van der Waals surface area contributed by atoms with E-state index in [2.05, 4.69) is 0 Å². The molecule has 1 aromatic rings. The molecule has 1 rings (SSSR count). The standard InChI is InChI=1S/C12H14F2O2/c13-12(14)10(8-11(15)16)7-6-9-4-2-1-3-5-9/h1-5,10,12H,6-8H2,(H,15,16)/t10-/m0/s1. The predicted octanol–water partition coefficient (Wildman–Crippen LogP) is 2.98. The Hall–Kier alpha value is -1.45. The highest BCUT2D eigenvalue weighted by Gasteiger charge is 2.22.